The second-order valence-electron chi connectivity index (χ2n) is 2.55. The van der Waals surface area contributed by atoms with Crippen LogP contribution in [-0.4, -0.2) is 0 Å². The van der Waals surface area contributed by atoms with E-state index in [1.54, 1.807) is 0 Å². The van der Waals surface area contributed by atoms with Gasteiger partial charge in [-0.15, -0.1) is 12.4 Å². The van der Waals surface area contributed by atoms with E-state index < -0.39 is 16.8 Å². The van der Waals surface area contributed by atoms with Crippen LogP contribution in [0.5, 0.6) is 0 Å². The van der Waals surface area contributed by atoms with Gasteiger partial charge in [-0.05, 0) is 6.07 Å². The molecule has 9 heteroatoms. The first kappa shape index (κ1) is 15.9. The molecular weight excluding hydrogens is 311 g/mol. The van der Waals surface area contributed by atoms with Gasteiger partial charge in [0.1, 0.15) is 0 Å². The number of nitrogens with two attached hydrogens (primary N) is 1. The lowest BCUT2D eigenvalue weighted by molar-refractivity contribution is -0.137. The second kappa shape index (κ2) is 5.51. The quantitative estimate of drug-likeness (QED) is 0.459. The minimum absolute atomic E-state index is 0. The number of nitrogen functional groups attached to an aromatic ring is 1. The summed E-state index contributed by atoms with van der Waals surface area (Å²) < 4.78 is 37.2. The van der Waals surface area contributed by atoms with Crippen molar-refractivity contribution in [3.63, 3.8) is 0 Å². The average Bonchev–Trinajstić information content (AvgIpc) is 2.10. The molecule has 1 aromatic carbocycles. The zero-order valence-electron chi connectivity index (χ0n) is 7.33. The molecule has 0 spiro atoms. The Morgan fingerprint density at radius 1 is 1.12 bits per heavy atom. The Labute approximate surface area is 110 Å². The molecule has 0 radical (unpaired) electrons. The summed E-state index contributed by atoms with van der Waals surface area (Å²) in [6, 6.07) is 0.658. The third kappa shape index (κ3) is 2.99. The fourth-order valence-electron chi connectivity index (χ4n) is 0.934. The maximum atomic E-state index is 12.4. The largest absolute Gasteiger partial charge is 0.417 e. The summed E-state index contributed by atoms with van der Waals surface area (Å²) in [6.07, 6.45) is -4.61. The third-order valence-electron chi connectivity index (χ3n) is 1.61. The highest BCUT2D eigenvalue weighted by Gasteiger charge is 2.35. The van der Waals surface area contributed by atoms with E-state index in [1.165, 1.54) is 0 Å². The summed E-state index contributed by atoms with van der Waals surface area (Å²) in [4.78, 5) is 0. The Bertz CT molecular complexity index is 394. The van der Waals surface area contributed by atoms with E-state index in [-0.39, 0.29) is 28.1 Å². The molecule has 16 heavy (non-hydrogen) atoms. The number of halogens is 7. The molecule has 0 saturated heterocycles. The van der Waals surface area contributed by atoms with Gasteiger partial charge in [0.25, 0.3) is 0 Å². The molecule has 0 amide bonds. The fourth-order valence-corrected chi connectivity index (χ4v) is 1.75. The van der Waals surface area contributed by atoms with Crippen LogP contribution < -0.4 is 11.3 Å². The maximum Gasteiger partial charge on any atom is 0.417 e. The first-order valence-corrected chi connectivity index (χ1v) is 4.63. The highest BCUT2D eigenvalue weighted by molar-refractivity contribution is 6.46. The maximum absolute atomic E-state index is 12.4. The van der Waals surface area contributed by atoms with Crippen LogP contribution in [0.4, 0.5) is 18.9 Å². The van der Waals surface area contributed by atoms with E-state index in [4.69, 9.17) is 40.6 Å². The lowest BCUT2D eigenvalue weighted by Gasteiger charge is -2.14. The van der Waals surface area contributed by atoms with Crippen molar-refractivity contribution in [3.8, 4) is 0 Å². The van der Waals surface area contributed by atoms with Crippen molar-refractivity contribution in [1.82, 2.24) is 0 Å². The molecule has 0 heterocycles. The van der Waals surface area contributed by atoms with Gasteiger partial charge in [-0.3, -0.25) is 5.84 Å². The number of benzene rings is 1. The predicted octanol–water partition coefficient (Wildman–Crippen LogP) is 4.37. The Balaban J connectivity index is 0.00000225. The van der Waals surface area contributed by atoms with Crippen LogP contribution in [0, 0.1) is 0 Å². The van der Waals surface area contributed by atoms with Gasteiger partial charge in [0, 0.05) is 0 Å². The van der Waals surface area contributed by atoms with Crippen molar-refractivity contribution in [2.45, 2.75) is 6.18 Å². The van der Waals surface area contributed by atoms with Crippen molar-refractivity contribution >= 4 is 52.9 Å². The zero-order chi connectivity index (χ0) is 11.8. The summed E-state index contributed by atoms with van der Waals surface area (Å²) in [7, 11) is 0. The van der Waals surface area contributed by atoms with Crippen molar-refractivity contribution in [2.75, 3.05) is 5.43 Å². The van der Waals surface area contributed by atoms with E-state index in [0.717, 1.165) is 0 Å². The highest BCUT2D eigenvalue weighted by atomic mass is 35.5. The number of anilines is 1. The molecule has 3 N–H and O–H groups in total. The molecule has 0 aromatic heterocycles. The van der Waals surface area contributed by atoms with Gasteiger partial charge in [0.05, 0.1) is 26.3 Å². The Hall–Kier alpha value is -0.0700. The van der Waals surface area contributed by atoms with E-state index in [9.17, 15) is 13.2 Å². The standard InChI is InChI=1S/C7H4Cl3F3N2.ClH/c8-3-1-2(7(11,12)13)4(9)5(10)6(3)15-14;/h1,15H,14H2;1H. The monoisotopic (exact) mass is 314 g/mol. The zero-order valence-corrected chi connectivity index (χ0v) is 10.4. The van der Waals surface area contributed by atoms with Crippen LogP contribution in [0.3, 0.4) is 0 Å². The lowest BCUT2D eigenvalue weighted by atomic mass is 10.2. The molecule has 0 aliphatic carbocycles. The van der Waals surface area contributed by atoms with Gasteiger partial charge in [-0.2, -0.15) is 13.2 Å². The predicted molar refractivity (Wildman–Crippen MR) is 61.5 cm³/mol. The van der Waals surface area contributed by atoms with Crippen molar-refractivity contribution in [3.05, 3.63) is 26.7 Å². The summed E-state index contributed by atoms with van der Waals surface area (Å²) in [5, 5.41) is -1.25. The molecule has 0 aliphatic rings. The Kier molecular flexibility index (Phi) is 5.49. The first-order chi connectivity index (χ1) is 6.79. The number of nitrogens with one attached hydrogen (secondary N) is 1. The molecule has 0 unspecified atom stereocenters. The van der Waals surface area contributed by atoms with Crippen LogP contribution in [0.15, 0.2) is 6.07 Å². The molecule has 0 atom stereocenters. The minimum atomic E-state index is -4.61. The molecule has 0 bridgehead atoms. The number of hydrogen-bond acceptors (Lipinski definition) is 2. The van der Waals surface area contributed by atoms with E-state index in [1.807, 2.05) is 0 Å². The van der Waals surface area contributed by atoms with E-state index in [2.05, 4.69) is 5.43 Å². The van der Waals surface area contributed by atoms with Crippen LogP contribution in [-0.2, 0) is 6.18 Å². The van der Waals surface area contributed by atoms with Crippen molar-refractivity contribution < 1.29 is 13.2 Å². The van der Waals surface area contributed by atoms with E-state index >= 15 is 0 Å². The summed E-state index contributed by atoms with van der Waals surface area (Å²) in [6.45, 7) is 0. The normalized spacial score (nSPS) is 10.9. The SMILES string of the molecule is Cl.NNc1c(Cl)cc(C(F)(F)F)c(Cl)c1Cl. The molecule has 1 aromatic rings. The second-order valence-corrected chi connectivity index (χ2v) is 3.71. The van der Waals surface area contributed by atoms with E-state index in [0.29, 0.717) is 6.07 Å². The van der Waals surface area contributed by atoms with Crippen LogP contribution >= 0.6 is 47.2 Å². The summed E-state index contributed by atoms with van der Waals surface area (Å²) in [5.41, 5.74) is 0.923. The Morgan fingerprint density at radius 3 is 2.00 bits per heavy atom. The molecule has 2 nitrogen and oxygen atoms in total. The fraction of sp³-hybridized carbons (Fsp3) is 0.143. The van der Waals surface area contributed by atoms with Gasteiger partial charge in [0.15, 0.2) is 0 Å². The lowest BCUT2D eigenvalue weighted by Crippen LogP contribution is -2.11. The molecule has 0 fully saturated rings. The molecular formula is C7H5Cl4F3N2. The molecule has 0 saturated carbocycles. The van der Waals surface area contributed by atoms with Crippen LogP contribution in [0.2, 0.25) is 15.1 Å². The smallest absolute Gasteiger partial charge is 0.321 e. The summed E-state index contributed by atoms with van der Waals surface area (Å²) in [5.74, 6) is 5.02. The number of alkyl halides is 3. The van der Waals surface area contributed by atoms with Crippen molar-refractivity contribution in [1.29, 1.82) is 0 Å². The van der Waals surface area contributed by atoms with Gasteiger partial charge in [-0.25, -0.2) is 0 Å². The number of hydrazine groups is 1. The molecule has 0 aliphatic heterocycles. The number of hydrogen-bond donors (Lipinski definition) is 2. The molecule has 92 valence electrons. The summed E-state index contributed by atoms with van der Waals surface area (Å²) >= 11 is 16.5. The first-order valence-electron chi connectivity index (χ1n) is 3.50. The van der Waals surface area contributed by atoms with Gasteiger partial charge < -0.3 is 5.43 Å². The highest BCUT2D eigenvalue weighted by Crippen LogP contribution is 2.44. The van der Waals surface area contributed by atoms with Gasteiger partial charge >= 0.3 is 6.18 Å². The van der Waals surface area contributed by atoms with Gasteiger partial charge in [0.2, 0.25) is 0 Å². The van der Waals surface area contributed by atoms with Crippen molar-refractivity contribution in [2.24, 2.45) is 5.84 Å². The number of rotatable bonds is 1. The third-order valence-corrected chi connectivity index (χ3v) is 2.77. The average molecular weight is 316 g/mol. The van der Waals surface area contributed by atoms with Crippen LogP contribution in [0.1, 0.15) is 5.56 Å². The van der Waals surface area contributed by atoms with Gasteiger partial charge in [-0.1, -0.05) is 34.8 Å². The topological polar surface area (TPSA) is 38.0 Å². The Morgan fingerprint density at radius 2 is 1.62 bits per heavy atom. The molecule has 1 rings (SSSR count). The van der Waals surface area contributed by atoms with Crippen LogP contribution in [0.25, 0.3) is 0 Å². The minimum Gasteiger partial charge on any atom is -0.321 e.